The zero-order valence-electron chi connectivity index (χ0n) is 10.8. The molecule has 2 aromatic rings. The monoisotopic (exact) mass is 260 g/mol. The summed E-state index contributed by atoms with van der Waals surface area (Å²) in [5.41, 5.74) is 3.17. The number of thiazole rings is 1. The van der Waals surface area contributed by atoms with E-state index in [9.17, 15) is 4.79 Å². The highest BCUT2D eigenvalue weighted by Crippen LogP contribution is 2.19. The van der Waals surface area contributed by atoms with Gasteiger partial charge in [-0.2, -0.15) is 0 Å². The number of nitrogens with zero attached hydrogens (tertiary/aromatic N) is 2. The molecule has 0 fully saturated rings. The van der Waals surface area contributed by atoms with Crippen LogP contribution < -0.4 is 4.90 Å². The molecule has 0 aliphatic rings. The molecule has 0 unspecified atom stereocenters. The molecule has 0 aliphatic heterocycles. The van der Waals surface area contributed by atoms with Crippen LogP contribution in [0.25, 0.3) is 0 Å². The van der Waals surface area contributed by atoms with Gasteiger partial charge in [0.1, 0.15) is 0 Å². The van der Waals surface area contributed by atoms with Crippen LogP contribution in [0.3, 0.4) is 0 Å². The van der Waals surface area contributed by atoms with E-state index < -0.39 is 0 Å². The molecule has 0 N–H and O–H groups in total. The van der Waals surface area contributed by atoms with Gasteiger partial charge >= 0.3 is 0 Å². The Morgan fingerprint density at radius 3 is 2.78 bits per heavy atom. The quantitative estimate of drug-likeness (QED) is 0.850. The summed E-state index contributed by atoms with van der Waals surface area (Å²) in [5, 5.41) is 2.70. The number of hydrogen-bond acceptors (Lipinski definition) is 3. The molecule has 2 rings (SSSR count). The van der Waals surface area contributed by atoms with Gasteiger partial charge in [0, 0.05) is 12.4 Å². The average molecular weight is 260 g/mol. The van der Waals surface area contributed by atoms with Crippen molar-refractivity contribution in [2.45, 2.75) is 20.3 Å². The third-order valence-corrected chi connectivity index (χ3v) is 3.74. The van der Waals surface area contributed by atoms with Gasteiger partial charge in [-0.15, -0.1) is 11.3 Å². The molecule has 0 atom stereocenters. The predicted molar refractivity (Wildman–Crippen MR) is 75.1 cm³/mol. The number of rotatable bonds is 3. The molecule has 1 aromatic heterocycles. The van der Waals surface area contributed by atoms with Crippen LogP contribution in [-0.2, 0) is 11.2 Å². The van der Waals surface area contributed by atoms with Gasteiger partial charge in [-0.05, 0) is 19.4 Å². The maximum atomic E-state index is 12.1. The highest BCUT2D eigenvalue weighted by Gasteiger charge is 2.14. The Kier molecular flexibility index (Phi) is 3.77. The van der Waals surface area contributed by atoms with Gasteiger partial charge in [-0.25, -0.2) is 4.98 Å². The minimum atomic E-state index is 0.0648. The molecule has 4 heteroatoms. The number of anilines is 1. The average Bonchev–Trinajstić information content (AvgIpc) is 2.75. The lowest BCUT2D eigenvalue weighted by Gasteiger charge is -2.13. The highest BCUT2D eigenvalue weighted by atomic mass is 32.1. The van der Waals surface area contributed by atoms with Crippen molar-refractivity contribution in [3.05, 3.63) is 46.5 Å². The van der Waals surface area contributed by atoms with E-state index in [4.69, 9.17) is 0 Å². The van der Waals surface area contributed by atoms with Crippen molar-refractivity contribution in [1.82, 2.24) is 4.98 Å². The van der Waals surface area contributed by atoms with Crippen LogP contribution in [0.1, 0.15) is 16.8 Å². The summed E-state index contributed by atoms with van der Waals surface area (Å²) < 4.78 is 0. The molecule has 3 nitrogen and oxygen atoms in total. The molecule has 94 valence electrons. The molecule has 18 heavy (non-hydrogen) atoms. The second-order valence-corrected chi connectivity index (χ2v) is 5.23. The Morgan fingerprint density at radius 2 is 2.17 bits per heavy atom. The van der Waals surface area contributed by atoms with Crippen molar-refractivity contribution in [2.24, 2.45) is 0 Å². The molecule has 0 radical (unpaired) electrons. The van der Waals surface area contributed by atoms with Gasteiger partial charge in [0.25, 0.3) is 0 Å². The van der Waals surface area contributed by atoms with E-state index in [1.165, 1.54) is 16.9 Å². The van der Waals surface area contributed by atoms with E-state index in [2.05, 4.69) is 4.98 Å². The minimum absolute atomic E-state index is 0.0648. The summed E-state index contributed by atoms with van der Waals surface area (Å²) in [6.45, 7) is 3.96. The second kappa shape index (κ2) is 5.31. The number of aryl methyl sites for hydroxylation is 2. The van der Waals surface area contributed by atoms with Crippen molar-refractivity contribution in [3.8, 4) is 0 Å². The first-order valence-corrected chi connectivity index (χ1v) is 6.68. The number of hydrogen-bond donors (Lipinski definition) is 0. The van der Waals surface area contributed by atoms with Crippen LogP contribution in [0.2, 0.25) is 0 Å². The van der Waals surface area contributed by atoms with E-state index in [-0.39, 0.29) is 5.91 Å². The number of amides is 1. The van der Waals surface area contributed by atoms with Gasteiger partial charge in [0.15, 0.2) is 5.13 Å². The van der Waals surface area contributed by atoms with Gasteiger partial charge in [-0.1, -0.05) is 29.8 Å². The summed E-state index contributed by atoms with van der Waals surface area (Å²) in [6, 6.07) is 8.03. The molecule has 0 spiro atoms. The van der Waals surface area contributed by atoms with Gasteiger partial charge in [0.2, 0.25) is 5.91 Å². The summed E-state index contributed by atoms with van der Waals surface area (Å²) in [7, 11) is 1.77. The zero-order valence-corrected chi connectivity index (χ0v) is 11.6. The van der Waals surface area contributed by atoms with Crippen LogP contribution in [0.5, 0.6) is 0 Å². The first-order valence-electron chi connectivity index (χ1n) is 5.80. The van der Waals surface area contributed by atoms with E-state index >= 15 is 0 Å². The maximum absolute atomic E-state index is 12.1. The van der Waals surface area contributed by atoms with Crippen LogP contribution >= 0.6 is 11.3 Å². The van der Waals surface area contributed by atoms with E-state index in [1.54, 1.807) is 11.9 Å². The SMILES string of the molecule is Cc1cccc(CC(=O)N(C)c2nc(C)cs2)c1. The maximum Gasteiger partial charge on any atom is 0.232 e. The Labute approximate surface area is 111 Å². The molecule has 0 aliphatic carbocycles. The summed E-state index contributed by atoms with van der Waals surface area (Å²) in [6.07, 6.45) is 0.413. The Bertz CT molecular complexity index is 562. The highest BCUT2D eigenvalue weighted by molar-refractivity contribution is 7.14. The fraction of sp³-hybridized carbons (Fsp3) is 0.286. The first kappa shape index (κ1) is 12.8. The molecule has 0 bridgehead atoms. The molecule has 1 heterocycles. The third-order valence-electron chi connectivity index (χ3n) is 2.71. The van der Waals surface area contributed by atoms with Crippen LogP contribution in [0.15, 0.2) is 29.6 Å². The van der Waals surface area contributed by atoms with Crippen molar-refractivity contribution in [1.29, 1.82) is 0 Å². The van der Waals surface area contributed by atoms with Crippen LogP contribution in [0, 0.1) is 13.8 Å². The number of carbonyl (C=O) groups excluding carboxylic acids is 1. The molecule has 1 amide bonds. The second-order valence-electron chi connectivity index (χ2n) is 4.39. The molecular formula is C14H16N2OS. The van der Waals surface area contributed by atoms with Crippen molar-refractivity contribution < 1.29 is 4.79 Å². The Hall–Kier alpha value is -1.68. The molecule has 0 saturated heterocycles. The molecule has 1 aromatic carbocycles. The number of carbonyl (C=O) groups is 1. The fourth-order valence-corrected chi connectivity index (χ4v) is 2.50. The Morgan fingerprint density at radius 1 is 1.39 bits per heavy atom. The van der Waals surface area contributed by atoms with E-state index in [1.807, 2.05) is 43.5 Å². The number of aromatic nitrogens is 1. The van der Waals surface area contributed by atoms with Gasteiger partial charge in [0.05, 0.1) is 12.1 Å². The smallest absolute Gasteiger partial charge is 0.232 e. The molecule has 0 saturated carbocycles. The van der Waals surface area contributed by atoms with E-state index in [0.717, 1.165) is 16.4 Å². The summed E-state index contributed by atoms with van der Waals surface area (Å²) in [4.78, 5) is 18.1. The standard InChI is InChI=1S/C14H16N2OS/c1-10-5-4-6-12(7-10)8-13(17)16(3)14-15-11(2)9-18-14/h4-7,9H,8H2,1-3H3. The lowest BCUT2D eigenvalue weighted by molar-refractivity contribution is -0.117. The summed E-state index contributed by atoms with van der Waals surface area (Å²) >= 11 is 1.49. The third kappa shape index (κ3) is 2.96. The minimum Gasteiger partial charge on any atom is -0.291 e. The largest absolute Gasteiger partial charge is 0.291 e. The van der Waals surface area contributed by atoms with Crippen LogP contribution in [0.4, 0.5) is 5.13 Å². The normalized spacial score (nSPS) is 10.4. The summed E-state index contributed by atoms with van der Waals surface area (Å²) in [5.74, 6) is 0.0648. The number of benzene rings is 1. The topological polar surface area (TPSA) is 33.2 Å². The Balaban J connectivity index is 2.08. The van der Waals surface area contributed by atoms with Crippen molar-refractivity contribution >= 4 is 22.4 Å². The lowest BCUT2D eigenvalue weighted by Crippen LogP contribution is -2.27. The van der Waals surface area contributed by atoms with Crippen molar-refractivity contribution in [3.63, 3.8) is 0 Å². The zero-order chi connectivity index (χ0) is 13.1. The predicted octanol–water partition coefficient (Wildman–Crippen LogP) is 2.97. The fourth-order valence-electron chi connectivity index (χ4n) is 1.72. The van der Waals surface area contributed by atoms with Gasteiger partial charge in [-0.3, -0.25) is 9.69 Å². The first-order chi connectivity index (χ1) is 8.56. The van der Waals surface area contributed by atoms with Crippen molar-refractivity contribution in [2.75, 3.05) is 11.9 Å². The van der Waals surface area contributed by atoms with Crippen LogP contribution in [-0.4, -0.2) is 17.9 Å². The van der Waals surface area contributed by atoms with E-state index in [0.29, 0.717) is 6.42 Å². The van der Waals surface area contributed by atoms with Gasteiger partial charge < -0.3 is 0 Å². The lowest BCUT2D eigenvalue weighted by atomic mass is 10.1. The molecular weight excluding hydrogens is 244 g/mol. The number of likely N-dealkylation sites (N-methyl/N-ethyl adjacent to an activating group) is 1.